The zero-order valence-corrected chi connectivity index (χ0v) is 18.9. The number of ether oxygens (including phenoxy) is 1. The van der Waals surface area contributed by atoms with Crippen LogP contribution in [0.5, 0.6) is 0 Å². The number of sulfone groups is 1. The molecule has 0 aromatic heterocycles. The van der Waals surface area contributed by atoms with E-state index in [1.807, 2.05) is 26.0 Å². The summed E-state index contributed by atoms with van der Waals surface area (Å²) in [5, 5.41) is 3.42. The number of rotatable bonds is 4. The molecule has 4 rings (SSSR count). The van der Waals surface area contributed by atoms with Crippen molar-refractivity contribution in [2.75, 3.05) is 12.9 Å². The van der Waals surface area contributed by atoms with Gasteiger partial charge < -0.3 is 10.1 Å². The number of benzene rings is 1. The number of hydrogen-bond donors (Lipinski definition) is 1. The monoisotopic (exact) mass is 419 g/mol. The molecule has 1 saturated heterocycles. The Morgan fingerprint density at radius 1 is 1.21 bits per heavy atom. The molecule has 1 aromatic rings. The second kappa shape index (κ2) is 6.81. The van der Waals surface area contributed by atoms with E-state index in [2.05, 4.69) is 19.2 Å². The SMILES string of the molecule is CC(C)C(=O)N[C@H]1C(C)(C)[C@@H]2C[C@@H]3[C@@H](c4ccc(S(C)(=O)=O)cc4)OCC[C@@]31C2. The van der Waals surface area contributed by atoms with Crippen LogP contribution in [0.4, 0.5) is 0 Å². The average molecular weight is 420 g/mol. The van der Waals surface area contributed by atoms with Gasteiger partial charge in [-0.3, -0.25) is 4.79 Å². The maximum Gasteiger partial charge on any atom is 0.222 e. The van der Waals surface area contributed by atoms with Crippen LogP contribution in [-0.2, 0) is 19.4 Å². The van der Waals surface area contributed by atoms with Crippen molar-refractivity contribution in [3.8, 4) is 0 Å². The van der Waals surface area contributed by atoms with E-state index in [0.29, 0.717) is 23.3 Å². The molecule has 3 fully saturated rings. The fourth-order valence-electron chi connectivity index (χ4n) is 6.33. The molecule has 1 aliphatic heterocycles. The van der Waals surface area contributed by atoms with Gasteiger partial charge in [-0.1, -0.05) is 39.8 Å². The lowest BCUT2D eigenvalue weighted by atomic mass is 9.58. The van der Waals surface area contributed by atoms with Gasteiger partial charge in [-0.25, -0.2) is 8.42 Å². The Bertz CT molecular complexity index is 905. The molecule has 2 aliphatic carbocycles. The van der Waals surface area contributed by atoms with Crippen molar-refractivity contribution in [1.82, 2.24) is 5.32 Å². The van der Waals surface area contributed by atoms with Gasteiger partial charge >= 0.3 is 0 Å². The van der Waals surface area contributed by atoms with E-state index in [1.54, 1.807) is 12.1 Å². The third-order valence-corrected chi connectivity index (χ3v) is 9.08. The molecule has 160 valence electrons. The minimum absolute atomic E-state index is 0.0287. The summed E-state index contributed by atoms with van der Waals surface area (Å²) in [5.74, 6) is 1.00. The molecule has 1 spiro atoms. The van der Waals surface area contributed by atoms with E-state index >= 15 is 0 Å². The van der Waals surface area contributed by atoms with E-state index in [-0.39, 0.29) is 34.8 Å². The van der Waals surface area contributed by atoms with E-state index < -0.39 is 9.84 Å². The number of nitrogens with one attached hydrogen (secondary N) is 1. The van der Waals surface area contributed by atoms with Crippen LogP contribution < -0.4 is 5.32 Å². The summed E-state index contributed by atoms with van der Waals surface area (Å²) in [6, 6.07) is 7.32. The summed E-state index contributed by atoms with van der Waals surface area (Å²) in [7, 11) is -3.21. The molecular formula is C23H33NO4S. The second-order valence-corrected chi connectivity index (χ2v) is 12.3. The first kappa shape index (κ1) is 20.9. The molecule has 3 aliphatic rings. The third kappa shape index (κ3) is 3.23. The van der Waals surface area contributed by atoms with Crippen LogP contribution in [0.3, 0.4) is 0 Å². The van der Waals surface area contributed by atoms with Gasteiger partial charge in [-0.15, -0.1) is 0 Å². The molecule has 1 amide bonds. The van der Waals surface area contributed by atoms with Crippen LogP contribution in [0.2, 0.25) is 0 Å². The lowest BCUT2D eigenvalue weighted by Crippen LogP contribution is -2.59. The van der Waals surface area contributed by atoms with Crippen molar-refractivity contribution in [3.05, 3.63) is 29.8 Å². The number of carbonyl (C=O) groups is 1. The first-order valence-corrected chi connectivity index (χ1v) is 12.6. The minimum atomic E-state index is -3.21. The molecule has 0 unspecified atom stereocenters. The topological polar surface area (TPSA) is 72.5 Å². The van der Waals surface area contributed by atoms with Crippen LogP contribution in [0.15, 0.2) is 29.2 Å². The quantitative estimate of drug-likeness (QED) is 0.807. The molecule has 1 N–H and O–H groups in total. The van der Waals surface area contributed by atoms with Crippen LogP contribution >= 0.6 is 0 Å². The summed E-state index contributed by atoms with van der Waals surface area (Å²) < 4.78 is 29.9. The first-order valence-electron chi connectivity index (χ1n) is 10.7. The highest BCUT2D eigenvalue weighted by Crippen LogP contribution is 2.70. The van der Waals surface area contributed by atoms with E-state index in [4.69, 9.17) is 4.74 Å². The minimum Gasteiger partial charge on any atom is -0.373 e. The van der Waals surface area contributed by atoms with Gasteiger partial charge in [-0.05, 0) is 59.6 Å². The average Bonchev–Trinajstić information content (AvgIpc) is 3.13. The van der Waals surface area contributed by atoms with E-state index in [1.165, 1.54) is 6.26 Å². The van der Waals surface area contributed by atoms with Crippen molar-refractivity contribution >= 4 is 15.7 Å². The molecular weight excluding hydrogens is 386 g/mol. The van der Waals surface area contributed by atoms with Crippen molar-refractivity contribution < 1.29 is 17.9 Å². The fourth-order valence-corrected chi connectivity index (χ4v) is 6.96. The van der Waals surface area contributed by atoms with Gasteiger partial charge in [0.25, 0.3) is 0 Å². The molecule has 0 radical (unpaired) electrons. The highest BCUT2D eigenvalue weighted by Gasteiger charge is 2.68. The second-order valence-electron chi connectivity index (χ2n) is 10.3. The summed E-state index contributed by atoms with van der Waals surface area (Å²) >= 11 is 0. The van der Waals surface area contributed by atoms with Crippen LogP contribution in [-0.4, -0.2) is 33.2 Å². The van der Waals surface area contributed by atoms with Crippen LogP contribution in [0.25, 0.3) is 0 Å². The highest BCUT2D eigenvalue weighted by molar-refractivity contribution is 7.90. The number of hydrogen-bond acceptors (Lipinski definition) is 4. The molecule has 1 heterocycles. The van der Waals surface area contributed by atoms with Gasteiger partial charge in [0.1, 0.15) is 0 Å². The van der Waals surface area contributed by atoms with Gasteiger partial charge in [0.05, 0.1) is 11.0 Å². The van der Waals surface area contributed by atoms with Gasteiger partial charge in [0.15, 0.2) is 9.84 Å². The standard InChI is InChI=1S/C23H33NO4S/c1-14(2)20(25)24-21-22(3,4)16-12-18-19(28-11-10-23(18,21)13-16)15-6-8-17(9-7-15)29(5,26)27/h6-9,14,16,18-19,21H,10-13H2,1-5H3,(H,24,25)/t16-,18-,19-,21+,23-/m1/s1. The largest absolute Gasteiger partial charge is 0.373 e. The van der Waals surface area contributed by atoms with E-state index in [0.717, 1.165) is 24.8 Å². The lowest BCUT2D eigenvalue weighted by Gasteiger charge is -2.53. The van der Waals surface area contributed by atoms with Gasteiger partial charge in [-0.2, -0.15) is 0 Å². The predicted octanol–water partition coefficient (Wildman–Crippen LogP) is 3.74. The molecule has 5 atom stereocenters. The molecule has 2 bridgehead atoms. The molecule has 29 heavy (non-hydrogen) atoms. The van der Waals surface area contributed by atoms with Crippen molar-refractivity contribution in [2.45, 2.75) is 64.0 Å². The summed E-state index contributed by atoms with van der Waals surface area (Å²) in [4.78, 5) is 13.0. The Hall–Kier alpha value is -1.40. The Labute approximate surface area is 174 Å². The zero-order valence-electron chi connectivity index (χ0n) is 18.1. The molecule has 6 heteroatoms. The third-order valence-electron chi connectivity index (χ3n) is 7.95. The Balaban J connectivity index is 1.66. The van der Waals surface area contributed by atoms with Crippen LogP contribution in [0.1, 0.15) is 58.6 Å². The maximum absolute atomic E-state index is 12.6. The molecule has 5 nitrogen and oxygen atoms in total. The maximum atomic E-state index is 12.6. The number of fused-ring (bicyclic) bond motifs is 1. The molecule has 2 saturated carbocycles. The summed E-state index contributed by atoms with van der Waals surface area (Å²) in [5.41, 5.74) is 1.17. The Morgan fingerprint density at radius 3 is 2.45 bits per heavy atom. The fraction of sp³-hybridized carbons (Fsp3) is 0.696. The Morgan fingerprint density at radius 2 is 1.86 bits per heavy atom. The summed E-state index contributed by atoms with van der Waals surface area (Å²) in [6.07, 6.45) is 4.39. The Kier molecular flexibility index (Phi) is 4.90. The molecule has 1 aromatic carbocycles. The van der Waals surface area contributed by atoms with E-state index in [9.17, 15) is 13.2 Å². The van der Waals surface area contributed by atoms with Crippen molar-refractivity contribution in [3.63, 3.8) is 0 Å². The first-order chi connectivity index (χ1) is 13.5. The lowest BCUT2D eigenvalue weighted by molar-refractivity contribution is -0.139. The predicted molar refractivity (Wildman–Crippen MR) is 112 cm³/mol. The van der Waals surface area contributed by atoms with Crippen LogP contribution in [0, 0.1) is 28.6 Å². The zero-order chi connectivity index (χ0) is 21.2. The number of amides is 1. The number of carbonyl (C=O) groups excluding carboxylic acids is 1. The van der Waals surface area contributed by atoms with Gasteiger partial charge in [0.2, 0.25) is 5.91 Å². The highest BCUT2D eigenvalue weighted by atomic mass is 32.2. The van der Waals surface area contributed by atoms with Crippen molar-refractivity contribution in [2.24, 2.45) is 28.6 Å². The summed E-state index contributed by atoms with van der Waals surface area (Å²) in [6.45, 7) is 9.17. The normalized spacial score (nSPS) is 35.5. The van der Waals surface area contributed by atoms with Gasteiger partial charge in [0, 0.05) is 24.8 Å². The smallest absolute Gasteiger partial charge is 0.222 e. The van der Waals surface area contributed by atoms with Crippen molar-refractivity contribution in [1.29, 1.82) is 0 Å².